The van der Waals surface area contributed by atoms with E-state index in [1.165, 1.54) is 0 Å². The zero-order valence-corrected chi connectivity index (χ0v) is 9.78. The van der Waals surface area contributed by atoms with Crippen molar-refractivity contribution in [2.75, 3.05) is 5.32 Å². The van der Waals surface area contributed by atoms with Gasteiger partial charge in [0.15, 0.2) is 0 Å². The number of hydrogen-bond acceptors (Lipinski definition) is 3. The Labute approximate surface area is 105 Å². The molecule has 0 spiro atoms. The van der Waals surface area contributed by atoms with Crippen molar-refractivity contribution in [1.29, 1.82) is 0 Å². The summed E-state index contributed by atoms with van der Waals surface area (Å²) in [7, 11) is 0. The average Bonchev–Trinajstić information content (AvgIpc) is 2.40. The summed E-state index contributed by atoms with van der Waals surface area (Å²) in [6.07, 6.45) is 3.70. The van der Waals surface area contributed by atoms with Crippen LogP contribution in [0.1, 0.15) is 5.56 Å². The summed E-state index contributed by atoms with van der Waals surface area (Å²) in [5.74, 6) is -0.865. The summed E-state index contributed by atoms with van der Waals surface area (Å²) in [6, 6.07) is 12.4. The van der Waals surface area contributed by atoms with Gasteiger partial charge in [0.25, 0.3) is 0 Å². The molecule has 2 rings (SSSR count). The Morgan fingerprint density at radius 2 is 1.83 bits per heavy atom. The Morgan fingerprint density at radius 1 is 1.17 bits per heavy atom. The number of aliphatic carboxylic acids is 1. The first kappa shape index (κ1) is 12.1. The third kappa shape index (κ3) is 3.31. The normalized spacial score (nSPS) is 11.8. The zero-order chi connectivity index (χ0) is 12.8. The molecule has 0 radical (unpaired) electrons. The highest BCUT2D eigenvalue weighted by Crippen LogP contribution is 2.10. The summed E-state index contributed by atoms with van der Waals surface area (Å²) in [4.78, 5) is 15.1. The Kier molecular flexibility index (Phi) is 3.91. The van der Waals surface area contributed by atoms with Gasteiger partial charge in [0, 0.05) is 24.5 Å². The number of carboxylic acid groups (broad SMARTS) is 1. The number of pyridine rings is 1. The predicted octanol–water partition coefficient (Wildman–Crippen LogP) is 2.19. The van der Waals surface area contributed by atoms with E-state index in [2.05, 4.69) is 10.3 Å². The van der Waals surface area contributed by atoms with Crippen molar-refractivity contribution in [2.24, 2.45) is 0 Å². The van der Waals surface area contributed by atoms with Crippen LogP contribution in [-0.4, -0.2) is 22.1 Å². The van der Waals surface area contributed by atoms with E-state index in [0.717, 1.165) is 11.3 Å². The monoisotopic (exact) mass is 242 g/mol. The Balaban J connectivity index is 2.08. The minimum atomic E-state index is -0.865. The summed E-state index contributed by atoms with van der Waals surface area (Å²) in [5.41, 5.74) is 1.75. The lowest BCUT2D eigenvalue weighted by Crippen LogP contribution is -2.31. The number of hydrogen-bond donors (Lipinski definition) is 2. The number of rotatable bonds is 5. The molecular formula is C14H14N2O2. The highest BCUT2D eigenvalue weighted by atomic mass is 16.4. The molecular weight excluding hydrogens is 228 g/mol. The molecule has 0 aliphatic rings. The maximum Gasteiger partial charge on any atom is 0.326 e. The molecule has 0 fully saturated rings. The van der Waals surface area contributed by atoms with Gasteiger partial charge in [-0.3, -0.25) is 4.98 Å². The molecule has 1 aromatic heterocycles. The fourth-order valence-corrected chi connectivity index (χ4v) is 1.70. The van der Waals surface area contributed by atoms with Crippen molar-refractivity contribution < 1.29 is 9.90 Å². The zero-order valence-electron chi connectivity index (χ0n) is 9.78. The fraction of sp³-hybridized carbons (Fsp3) is 0.143. The van der Waals surface area contributed by atoms with Gasteiger partial charge in [-0.05, 0) is 17.7 Å². The van der Waals surface area contributed by atoms with Gasteiger partial charge in [-0.15, -0.1) is 0 Å². The van der Waals surface area contributed by atoms with E-state index >= 15 is 0 Å². The fourth-order valence-electron chi connectivity index (χ4n) is 1.70. The molecule has 92 valence electrons. The van der Waals surface area contributed by atoms with Crippen molar-refractivity contribution in [3.05, 3.63) is 60.4 Å². The van der Waals surface area contributed by atoms with Gasteiger partial charge >= 0.3 is 5.97 Å². The smallest absolute Gasteiger partial charge is 0.326 e. The molecule has 1 atom stereocenters. The summed E-state index contributed by atoms with van der Waals surface area (Å²) in [5, 5.41) is 12.2. The van der Waals surface area contributed by atoms with Crippen LogP contribution >= 0.6 is 0 Å². The van der Waals surface area contributed by atoms with Crippen LogP contribution in [0.15, 0.2) is 54.9 Å². The molecule has 0 bridgehead atoms. The number of benzene rings is 1. The minimum Gasteiger partial charge on any atom is -0.480 e. The maximum absolute atomic E-state index is 11.2. The van der Waals surface area contributed by atoms with Crippen molar-refractivity contribution in [1.82, 2.24) is 4.98 Å². The number of aromatic nitrogens is 1. The lowest BCUT2D eigenvalue weighted by atomic mass is 10.1. The first-order valence-corrected chi connectivity index (χ1v) is 5.69. The molecule has 4 heteroatoms. The van der Waals surface area contributed by atoms with Crippen LogP contribution in [0.5, 0.6) is 0 Å². The van der Waals surface area contributed by atoms with Crippen molar-refractivity contribution >= 4 is 11.7 Å². The SMILES string of the molecule is O=C(O)[C@H](Cc1ccccc1)Nc1ccncc1. The van der Waals surface area contributed by atoms with Gasteiger partial charge in [0.1, 0.15) is 6.04 Å². The Morgan fingerprint density at radius 3 is 2.44 bits per heavy atom. The lowest BCUT2D eigenvalue weighted by molar-refractivity contribution is -0.137. The van der Waals surface area contributed by atoms with E-state index in [1.807, 2.05) is 30.3 Å². The maximum atomic E-state index is 11.2. The van der Waals surface area contributed by atoms with Crippen LogP contribution in [0, 0.1) is 0 Å². The van der Waals surface area contributed by atoms with Crippen LogP contribution < -0.4 is 5.32 Å². The molecule has 2 aromatic rings. The van der Waals surface area contributed by atoms with Crippen LogP contribution in [0.25, 0.3) is 0 Å². The summed E-state index contributed by atoms with van der Waals surface area (Å²) in [6.45, 7) is 0. The quantitative estimate of drug-likeness (QED) is 0.843. The number of nitrogens with zero attached hydrogens (tertiary/aromatic N) is 1. The van der Waals surface area contributed by atoms with Gasteiger partial charge in [0.2, 0.25) is 0 Å². The van der Waals surface area contributed by atoms with E-state index in [0.29, 0.717) is 6.42 Å². The third-order valence-corrected chi connectivity index (χ3v) is 2.60. The molecule has 0 amide bonds. The van der Waals surface area contributed by atoms with Gasteiger partial charge in [-0.25, -0.2) is 4.79 Å². The van der Waals surface area contributed by atoms with Crippen LogP contribution in [0.4, 0.5) is 5.69 Å². The third-order valence-electron chi connectivity index (χ3n) is 2.60. The number of carbonyl (C=O) groups is 1. The van der Waals surface area contributed by atoms with Crippen molar-refractivity contribution in [3.63, 3.8) is 0 Å². The van der Waals surface area contributed by atoms with Gasteiger partial charge in [0.05, 0.1) is 0 Å². The molecule has 0 aliphatic heterocycles. The van der Waals surface area contributed by atoms with Crippen molar-refractivity contribution in [3.8, 4) is 0 Å². The standard InChI is InChI=1S/C14H14N2O2/c17-14(18)13(10-11-4-2-1-3-5-11)16-12-6-8-15-9-7-12/h1-9,13H,10H2,(H,15,16)(H,17,18)/t13-/m0/s1. The van der Waals surface area contributed by atoms with E-state index in [9.17, 15) is 9.90 Å². The summed E-state index contributed by atoms with van der Waals surface area (Å²) >= 11 is 0. The number of carboxylic acids is 1. The Bertz CT molecular complexity index is 458. The Hall–Kier alpha value is -2.36. The first-order chi connectivity index (χ1) is 8.75. The van der Waals surface area contributed by atoms with Gasteiger partial charge in [-0.1, -0.05) is 30.3 Å². The highest BCUT2D eigenvalue weighted by Gasteiger charge is 2.17. The second kappa shape index (κ2) is 5.82. The molecule has 4 nitrogen and oxygen atoms in total. The van der Waals surface area contributed by atoms with E-state index < -0.39 is 12.0 Å². The molecule has 0 saturated carbocycles. The van der Waals surface area contributed by atoms with Crippen molar-refractivity contribution in [2.45, 2.75) is 12.5 Å². The lowest BCUT2D eigenvalue weighted by Gasteiger charge is -2.15. The van der Waals surface area contributed by atoms with Crippen LogP contribution in [0.3, 0.4) is 0 Å². The molecule has 18 heavy (non-hydrogen) atoms. The molecule has 0 unspecified atom stereocenters. The second-order valence-corrected chi connectivity index (χ2v) is 3.96. The highest BCUT2D eigenvalue weighted by molar-refractivity contribution is 5.77. The molecule has 1 heterocycles. The van der Waals surface area contributed by atoms with Crippen LogP contribution in [0.2, 0.25) is 0 Å². The second-order valence-electron chi connectivity index (χ2n) is 3.96. The van der Waals surface area contributed by atoms with E-state index in [1.54, 1.807) is 24.5 Å². The molecule has 0 saturated heterocycles. The largest absolute Gasteiger partial charge is 0.480 e. The number of nitrogens with one attached hydrogen (secondary N) is 1. The van der Waals surface area contributed by atoms with Gasteiger partial charge in [-0.2, -0.15) is 0 Å². The van der Waals surface area contributed by atoms with Crippen LogP contribution in [-0.2, 0) is 11.2 Å². The topological polar surface area (TPSA) is 62.2 Å². The van der Waals surface area contributed by atoms with E-state index in [-0.39, 0.29) is 0 Å². The summed E-state index contributed by atoms with van der Waals surface area (Å²) < 4.78 is 0. The minimum absolute atomic E-state index is 0.443. The average molecular weight is 242 g/mol. The molecule has 0 aliphatic carbocycles. The van der Waals surface area contributed by atoms with Gasteiger partial charge < -0.3 is 10.4 Å². The molecule has 2 N–H and O–H groups in total. The predicted molar refractivity (Wildman–Crippen MR) is 69.4 cm³/mol. The van der Waals surface area contributed by atoms with E-state index in [4.69, 9.17) is 0 Å². The number of anilines is 1. The molecule has 1 aromatic carbocycles. The first-order valence-electron chi connectivity index (χ1n) is 5.69.